The Kier molecular flexibility index (Phi) is 7.05. The number of carbonyl (C=O) groups excluding carboxylic acids is 2. The van der Waals surface area contributed by atoms with Crippen LogP contribution in [0.1, 0.15) is 31.8 Å². The molecular formula is C24H26N4O2. The van der Waals surface area contributed by atoms with Gasteiger partial charge >= 0.3 is 0 Å². The number of rotatable bonds is 8. The molecule has 6 N–H and O–H groups in total. The largest absolute Gasteiger partial charge is 0.399 e. The highest BCUT2D eigenvalue weighted by atomic mass is 16.2. The smallest absolute Gasteiger partial charge is 0.251 e. The monoisotopic (exact) mass is 402 g/mol. The molecule has 3 aromatic rings. The van der Waals surface area contributed by atoms with E-state index in [0.29, 0.717) is 24.2 Å². The average Bonchev–Trinajstić information content (AvgIpc) is 2.76. The highest BCUT2D eigenvalue weighted by molar-refractivity contribution is 5.97. The first-order chi connectivity index (χ1) is 14.5. The third-order valence-electron chi connectivity index (χ3n) is 4.77. The second-order valence-corrected chi connectivity index (χ2v) is 7.07. The Morgan fingerprint density at radius 1 is 0.567 bits per heavy atom. The number of nitrogen functional groups attached to an aromatic ring is 2. The van der Waals surface area contributed by atoms with Gasteiger partial charge in [0.1, 0.15) is 0 Å². The van der Waals surface area contributed by atoms with Crippen LogP contribution >= 0.6 is 0 Å². The Labute approximate surface area is 176 Å². The van der Waals surface area contributed by atoms with E-state index >= 15 is 0 Å². The van der Waals surface area contributed by atoms with E-state index in [1.165, 1.54) is 0 Å². The highest BCUT2D eigenvalue weighted by Crippen LogP contribution is 2.08. The van der Waals surface area contributed by atoms with Gasteiger partial charge in [-0.2, -0.15) is 0 Å². The summed E-state index contributed by atoms with van der Waals surface area (Å²) in [6, 6.07) is 21.8. The van der Waals surface area contributed by atoms with Crippen molar-refractivity contribution in [2.75, 3.05) is 24.6 Å². The Morgan fingerprint density at radius 2 is 0.900 bits per heavy atom. The zero-order valence-electron chi connectivity index (χ0n) is 16.7. The predicted octanol–water partition coefficient (Wildman–Crippen LogP) is 2.80. The molecule has 3 rings (SSSR count). The molecule has 3 aromatic carbocycles. The van der Waals surface area contributed by atoms with Gasteiger partial charge in [0.05, 0.1) is 0 Å². The van der Waals surface area contributed by atoms with Crippen LogP contribution in [0.25, 0.3) is 0 Å². The van der Waals surface area contributed by atoms with Gasteiger partial charge in [0.25, 0.3) is 11.8 Å². The van der Waals surface area contributed by atoms with Crippen molar-refractivity contribution in [3.63, 3.8) is 0 Å². The van der Waals surface area contributed by atoms with Crippen LogP contribution in [-0.2, 0) is 12.8 Å². The zero-order valence-corrected chi connectivity index (χ0v) is 16.7. The Bertz CT molecular complexity index is 899. The van der Waals surface area contributed by atoms with E-state index in [4.69, 9.17) is 11.5 Å². The maximum absolute atomic E-state index is 12.3. The molecule has 0 saturated carbocycles. The van der Waals surface area contributed by atoms with Crippen LogP contribution in [0.3, 0.4) is 0 Å². The first-order valence-corrected chi connectivity index (χ1v) is 9.86. The lowest BCUT2D eigenvalue weighted by Gasteiger charge is -2.08. The number of nitrogens with one attached hydrogen (secondary N) is 2. The van der Waals surface area contributed by atoms with E-state index in [1.807, 2.05) is 48.5 Å². The van der Waals surface area contributed by atoms with Crippen LogP contribution < -0.4 is 22.1 Å². The van der Waals surface area contributed by atoms with E-state index in [0.717, 1.165) is 35.3 Å². The number of benzene rings is 3. The second kappa shape index (κ2) is 10.1. The minimum atomic E-state index is -0.166. The van der Waals surface area contributed by atoms with E-state index in [9.17, 15) is 9.59 Å². The maximum atomic E-state index is 12.3. The van der Waals surface area contributed by atoms with Crippen LogP contribution in [-0.4, -0.2) is 24.9 Å². The van der Waals surface area contributed by atoms with Crippen LogP contribution in [0, 0.1) is 0 Å². The quantitative estimate of drug-likeness (QED) is 0.434. The molecule has 0 spiro atoms. The molecule has 0 bridgehead atoms. The number of hydrogen-bond donors (Lipinski definition) is 4. The first kappa shape index (κ1) is 20.9. The van der Waals surface area contributed by atoms with E-state index < -0.39 is 0 Å². The molecule has 0 atom stereocenters. The number of amides is 2. The summed E-state index contributed by atoms with van der Waals surface area (Å²) in [7, 11) is 0. The second-order valence-electron chi connectivity index (χ2n) is 7.07. The normalized spacial score (nSPS) is 10.4. The molecule has 0 fully saturated rings. The lowest BCUT2D eigenvalue weighted by molar-refractivity contribution is 0.0942. The summed E-state index contributed by atoms with van der Waals surface area (Å²) in [6.45, 7) is 1.05. The van der Waals surface area contributed by atoms with Gasteiger partial charge in [0.2, 0.25) is 0 Å². The number of hydrogen-bond acceptors (Lipinski definition) is 4. The first-order valence-electron chi connectivity index (χ1n) is 9.86. The fourth-order valence-electron chi connectivity index (χ4n) is 2.99. The molecule has 0 unspecified atom stereocenters. The van der Waals surface area contributed by atoms with Crippen molar-refractivity contribution < 1.29 is 9.59 Å². The molecule has 30 heavy (non-hydrogen) atoms. The number of anilines is 2. The van der Waals surface area contributed by atoms with Crippen molar-refractivity contribution in [3.8, 4) is 0 Å². The molecule has 0 aromatic heterocycles. The Hall–Kier alpha value is -3.80. The third-order valence-corrected chi connectivity index (χ3v) is 4.77. The van der Waals surface area contributed by atoms with E-state index in [2.05, 4.69) is 10.6 Å². The average molecular weight is 402 g/mol. The van der Waals surface area contributed by atoms with Crippen molar-refractivity contribution in [1.82, 2.24) is 10.6 Å². The predicted molar refractivity (Wildman–Crippen MR) is 120 cm³/mol. The molecule has 0 aliphatic rings. The summed E-state index contributed by atoms with van der Waals surface area (Å²) in [5.74, 6) is -0.332. The number of carbonyl (C=O) groups is 2. The van der Waals surface area contributed by atoms with E-state index in [1.54, 1.807) is 24.3 Å². The van der Waals surface area contributed by atoms with Crippen LogP contribution in [0.4, 0.5) is 11.4 Å². The SMILES string of the molecule is Nc1ccc(CCNC(=O)c2ccc(C(=O)NCCc3ccc(N)cc3)cc2)cc1. The molecule has 0 aliphatic heterocycles. The zero-order chi connectivity index (χ0) is 21.3. The molecule has 0 saturated heterocycles. The Morgan fingerprint density at radius 3 is 1.23 bits per heavy atom. The summed E-state index contributed by atoms with van der Waals surface area (Å²) in [6.07, 6.45) is 1.45. The van der Waals surface area contributed by atoms with Gasteiger partial charge in [-0.1, -0.05) is 24.3 Å². The molecule has 6 heteroatoms. The maximum Gasteiger partial charge on any atom is 0.251 e. The summed E-state index contributed by atoms with van der Waals surface area (Å²) >= 11 is 0. The van der Waals surface area contributed by atoms with Crippen molar-refractivity contribution >= 4 is 23.2 Å². The fraction of sp³-hybridized carbons (Fsp3) is 0.167. The molecule has 154 valence electrons. The van der Waals surface area contributed by atoms with Crippen molar-refractivity contribution in [2.24, 2.45) is 0 Å². The molecular weight excluding hydrogens is 376 g/mol. The molecule has 0 aliphatic carbocycles. The van der Waals surface area contributed by atoms with Crippen LogP contribution in [0.2, 0.25) is 0 Å². The fourth-order valence-corrected chi connectivity index (χ4v) is 2.99. The summed E-state index contributed by atoms with van der Waals surface area (Å²) in [4.78, 5) is 24.6. The molecule has 0 heterocycles. The lowest BCUT2D eigenvalue weighted by atomic mass is 10.1. The van der Waals surface area contributed by atoms with Gasteiger partial charge in [-0.05, 0) is 72.5 Å². The van der Waals surface area contributed by atoms with Gasteiger partial charge < -0.3 is 22.1 Å². The topological polar surface area (TPSA) is 110 Å². The van der Waals surface area contributed by atoms with Gasteiger partial charge in [-0.15, -0.1) is 0 Å². The van der Waals surface area contributed by atoms with Gasteiger partial charge in [0, 0.05) is 35.6 Å². The number of nitrogens with two attached hydrogens (primary N) is 2. The van der Waals surface area contributed by atoms with Crippen molar-refractivity contribution in [3.05, 3.63) is 95.1 Å². The summed E-state index contributed by atoms with van der Waals surface area (Å²) in [5, 5.41) is 5.77. The van der Waals surface area contributed by atoms with Gasteiger partial charge in [0.15, 0.2) is 0 Å². The third kappa shape index (κ3) is 6.10. The van der Waals surface area contributed by atoms with Crippen LogP contribution in [0.5, 0.6) is 0 Å². The highest BCUT2D eigenvalue weighted by Gasteiger charge is 2.09. The minimum absolute atomic E-state index is 0.166. The summed E-state index contributed by atoms with van der Waals surface area (Å²) in [5.41, 5.74) is 16.0. The standard InChI is InChI=1S/C24H26N4O2/c25-21-9-1-17(2-10-21)13-15-27-23(29)19-5-7-20(8-6-19)24(30)28-16-14-18-3-11-22(26)12-4-18/h1-12H,13-16,25-26H2,(H,27,29)(H,28,30). The van der Waals surface area contributed by atoms with Crippen molar-refractivity contribution in [2.45, 2.75) is 12.8 Å². The molecule has 6 nitrogen and oxygen atoms in total. The van der Waals surface area contributed by atoms with Crippen LogP contribution in [0.15, 0.2) is 72.8 Å². The molecule has 2 amide bonds. The van der Waals surface area contributed by atoms with E-state index in [-0.39, 0.29) is 11.8 Å². The van der Waals surface area contributed by atoms with Gasteiger partial charge in [-0.25, -0.2) is 0 Å². The van der Waals surface area contributed by atoms with Crippen molar-refractivity contribution in [1.29, 1.82) is 0 Å². The summed E-state index contributed by atoms with van der Waals surface area (Å²) < 4.78 is 0. The minimum Gasteiger partial charge on any atom is -0.399 e. The molecule has 0 radical (unpaired) electrons. The Balaban J connectivity index is 1.43. The van der Waals surface area contributed by atoms with Gasteiger partial charge in [-0.3, -0.25) is 9.59 Å². The lowest BCUT2D eigenvalue weighted by Crippen LogP contribution is -2.27.